The molecule has 1 heterocycles. The second kappa shape index (κ2) is 14.6. The maximum atomic E-state index is 13.1. The van der Waals surface area contributed by atoms with Crippen LogP contribution >= 0.6 is 0 Å². The summed E-state index contributed by atoms with van der Waals surface area (Å²) < 4.78 is 15.3. The van der Waals surface area contributed by atoms with Crippen LogP contribution in [0.1, 0.15) is 31.1 Å². The molecule has 0 saturated carbocycles. The zero-order valence-electron chi connectivity index (χ0n) is 24.4. The lowest BCUT2D eigenvalue weighted by molar-refractivity contribution is -0.160. The van der Waals surface area contributed by atoms with Gasteiger partial charge in [0, 0.05) is 0 Å². The number of rotatable bonds is 6. The van der Waals surface area contributed by atoms with Crippen LogP contribution in [-0.2, 0) is 28.6 Å². The van der Waals surface area contributed by atoms with E-state index in [1.54, 1.807) is 0 Å². The Morgan fingerprint density at radius 3 is 0.979 bits per heavy atom. The van der Waals surface area contributed by atoms with Crippen LogP contribution in [0.4, 0.5) is 0 Å². The maximum Gasteiger partial charge on any atom is 0.332 e. The number of nitrogens with one attached hydrogen (secondary N) is 3. The van der Waals surface area contributed by atoms with Crippen LogP contribution in [0.15, 0.2) is 54.6 Å². The number of hydrogen-bond donors (Lipinski definition) is 9. The lowest BCUT2D eigenvalue weighted by Crippen LogP contribution is -2.52. The SMILES string of the molecule is O=C(N[C@H]1COC(=O)[C@@H](NC(=O)c2cccc(O)c2O)COC(=O)[C@H](NC(=O)c2cccc(O)c2O)COC1=O)c1cccc(O)c1O. The molecule has 0 aliphatic carbocycles. The molecule has 1 aliphatic heterocycles. The fraction of sp³-hybridized carbons (Fsp3) is 0.200. The number of hydrogen-bond acceptors (Lipinski definition) is 15. The van der Waals surface area contributed by atoms with Gasteiger partial charge in [0.15, 0.2) is 52.6 Å². The van der Waals surface area contributed by atoms with E-state index in [-0.39, 0.29) is 0 Å². The molecule has 1 fully saturated rings. The summed E-state index contributed by atoms with van der Waals surface area (Å²) >= 11 is 0. The minimum atomic E-state index is -1.84. The molecule has 0 bridgehead atoms. The van der Waals surface area contributed by atoms with E-state index in [9.17, 15) is 59.4 Å². The van der Waals surface area contributed by atoms with E-state index in [1.807, 2.05) is 0 Å². The van der Waals surface area contributed by atoms with E-state index in [0.717, 1.165) is 36.4 Å². The van der Waals surface area contributed by atoms with Gasteiger partial charge in [0.2, 0.25) is 0 Å². The summed E-state index contributed by atoms with van der Waals surface area (Å²) in [6.45, 7) is -2.85. The number of para-hydroxylation sites is 3. The van der Waals surface area contributed by atoms with Crippen molar-refractivity contribution >= 4 is 35.6 Å². The topological polar surface area (TPSA) is 288 Å². The summed E-state index contributed by atoms with van der Waals surface area (Å²) in [6, 6.07) is 4.64. The highest BCUT2D eigenvalue weighted by molar-refractivity contribution is 6.01. The lowest BCUT2D eigenvalue weighted by Gasteiger charge is -2.25. The largest absolute Gasteiger partial charge is 0.504 e. The standard InChI is InChI=1S/C30H27N3O15/c34-19-7-1-4-13(22(19)37)25(40)31-16-10-46-29(44)18(33-27(42)15-6-3-9-21(36)24(15)39)12-48-30(45)17(11-47-28(16)43)32-26(41)14-5-2-8-20(35)23(14)38/h1-9,16-18,34-39H,10-12H2,(H,31,40)(H,32,41)(H,33,42)/t16-,17-,18+/m0/s1. The van der Waals surface area contributed by atoms with Gasteiger partial charge < -0.3 is 60.8 Å². The van der Waals surface area contributed by atoms with Gasteiger partial charge in [-0.15, -0.1) is 0 Å². The summed E-state index contributed by atoms with van der Waals surface area (Å²) in [5.41, 5.74) is -1.47. The first-order valence-electron chi connectivity index (χ1n) is 13.7. The van der Waals surface area contributed by atoms with E-state index in [4.69, 9.17) is 14.2 Å². The number of ether oxygens (including phenoxy) is 3. The zero-order valence-corrected chi connectivity index (χ0v) is 24.4. The number of phenols is 6. The van der Waals surface area contributed by atoms with Crippen molar-refractivity contribution < 1.29 is 73.6 Å². The van der Waals surface area contributed by atoms with Crippen LogP contribution in [0.3, 0.4) is 0 Å². The van der Waals surface area contributed by atoms with Crippen LogP contribution in [0, 0.1) is 0 Å². The Labute approximate surface area is 269 Å². The van der Waals surface area contributed by atoms with Gasteiger partial charge in [-0.1, -0.05) is 18.2 Å². The summed E-state index contributed by atoms with van der Waals surface area (Å²) in [5, 5.41) is 65.9. The van der Waals surface area contributed by atoms with Crippen LogP contribution in [0.25, 0.3) is 0 Å². The number of carbonyl (C=O) groups excluding carboxylic acids is 6. The van der Waals surface area contributed by atoms with Crippen LogP contribution in [0.2, 0.25) is 0 Å². The maximum absolute atomic E-state index is 13.1. The minimum absolute atomic E-state index is 0.490. The molecule has 48 heavy (non-hydrogen) atoms. The Morgan fingerprint density at radius 1 is 0.479 bits per heavy atom. The number of amides is 3. The molecule has 0 aromatic heterocycles. The molecule has 3 amide bonds. The van der Waals surface area contributed by atoms with Gasteiger partial charge in [-0.2, -0.15) is 0 Å². The zero-order chi connectivity index (χ0) is 35.1. The van der Waals surface area contributed by atoms with Crippen LogP contribution in [0.5, 0.6) is 34.5 Å². The second-order valence-electron chi connectivity index (χ2n) is 9.99. The molecular weight excluding hydrogens is 642 g/mol. The molecule has 1 saturated heterocycles. The highest BCUT2D eigenvalue weighted by atomic mass is 16.6. The summed E-state index contributed by atoms with van der Waals surface area (Å²) in [6.07, 6.45) is 0. The summed E-state index contributed by atoms with van der Waals surface area (Å²) in [7, 11) is 0. The molecule has 0 radical (unpaired) electrons. The molecule has 3 atom stereocenters. The monoisotopic (exact) mass is 669 g/mol. The number of esters is 3. The van der Waals surface area contributed by atoms with Crippen molar-refractivity contribution in [3.05, 3.63) is 71.3 Å². The molecule has 18 heteroatoms. The number of phenolic OH excluding ortho intramolecular Hbond substituents is 6. The molecule has 18 nitrogen and oxygen atoms in total. The minimum Gasteiger partial charge on any atom is -0.504 e. The fourth-order valence-corrected chi connectivity index (χ4v) is 4.16. The Hall–Kier alpha value is -6.72. The third-order valence-corrected chi connectivity index (χ3v) is 6.72. The van der Waals surface area contributed by atoms with Crippen molar-refractivity contribution in [1.82, 2.24) is 16.0 Å². The average molecular weight is 670 g/mol. The van der Waals surface area contributed by atoms with Gasteiger partial charge in [0.25, 0.3) is 17.7 Å². The first kappa shape index (κ1) is 34.2. The summed E-state index contributed by atoms with van der Waals surface area (Å²) in [5.74, 6) is -11.9. The quantitative estimate of drug-likeness (QED) is 0.0887. The first-order valence-corrected chi connectivity index (χ1v) is 13.7. The molecule has 252 valence electrons. The van der Waals surface area contributed by atoms with E-state index in [2.05, 4.69) is 16.0 Å². The summed E-state index contributed by atoms with van der Waals surface area (Å²) in [4.78, 5) is 77.9. The van der Waals surface area contributed by atoms with Crippen LogP contribution < -0.4 is 16.0 Å². The number of aromatic hydroxyl groups is 6. The molecule has 0 unspecified atom stereocenters. The van der Waals surface area contributed by atoms with E-state index >= 15 is 0 Å². The highest BCUT2D eigenvalue weighted by Gasteiger charge is 2.34. The molecule has 3 aromatic carbocycles. The van der Waals surface area contributed by atoms with Gasteiger partial charge in [0.1, 0.15) is 19.8 Å². The van der Waals surface area contributed by atoms with Crippen molar-refractivity contribution in [2.45, 2.75) is 18.1 Å². The van der Waals surface area contributed by atoms with Crippen molar-refractivity contribution in [3.8, 4) is 34.5 Å². The Bertz CT molecular complexity index is 1570. The number of carbonyl (C=O) groups is 6. The molecule has 4 rings (SSSR count). The van der Waals surface area contributed by atoms with Crippen molar-refractivity contribution in [1.29, 1.82) is 0 Å². The smallest absolute Gasteiger partial charge is 0.332 e. The molecule has 0 spiro atoms. The lowest BCUT2D eigenvalue weighted by atomic mass is 10.1. The third kappa shape index (κ3) is 7.73. The van der Waals surface area contributed by atoms with Gasteiger partial charge in [-0.25, -0.2) is 14.4 Å². The van der Waals surface area contributed by atoms with E-state index in [0.29, 0.717) is 0 Å². The van der Waals surface area contributed by atoms with Crippen molar-refractivity contribution in [2.24, 2.45) is 0 Å². The highest BCUT2D eigenvalue weighted by Crippen LogP contribution is 2.30. The predicted octanol–water partition coefficient (Wildman–Crippen LogP) is -0.741. The third-order valence-electron chi connectivity index (χ3n) is 6.72. The van der Waals surface area contributed by atoms with Crippen molar-refractivity contribution in [3.63, 3.8) is 0 Å². The Balaban J connectivity index is 1.63. The normalized spacial score (nSPS) is 18.5. The van der Waals surface area contributed by atoms with Gasteiger partial charge in [-0.05, 0) is 36.4 Å². The Morgan fingerprint density at radius 2 is 0.729 bits per heavy atom. The number of cyclic esters (lactones) is 3. The number of benzene rings is 3. The first-order chi connectivity index (χ1) is 22.8. The van der Waals surface area contributed by atoms with Gasteiger partial charge in [-0.3, -0.25) is 14.4 Å². The van der Waals surface area contributed by atoms with Crippen molar-refractivity contribution in [2.75, 3.05) is 19.8 Å². The van der Waals surface area contributed by atoms with Gasteiger partial charge >= 0.3 is 17.9 Å². The van der Waals surface area contributed by atoms with Gasteiger partial charge in [0.05, 0.1) is 16.7 Å². The van der Waals surface area contributed by atoms with E-state index < -0.39 is 125 Å². The molecular formula is C30H27N3O15. The molecule has 9 N–H and O–H groups in total. The molecule has 1 aliphatic rings. The van der Waals surface area contributed by atoms with E-state index in [1.165, 1.54) is 18.2 Å². The molecule has 3 aromatic rings. The fourth-order valence-electron chi connectivity index (χ4n) is 4.16. The predicted molar refractivity (Wildman–Crippen MR) is 156 cm³/mol. The second-order valence-corrected chi connectivity index (χ2v) is 9.99. The average Bonchev–Trinajstić information content (AvgIpc) is 3.05. The van der Waals surface area contributed by atoms with Crippen LogP contribution in [-0.4, -0.2) is 104 Å². The Kier molecular flexibility index (Phi) is 10.4.